The Kier molecular flexibility index (Phi) is 3.83. The van der Waals surface area contributed by atoms with Crippen LogP contribution in [-0.2, 0) is 6.42 Å². The van der Waals surface area contributed by atoms with E-state index in [0.717, 1.165) is 24.0 Å². The monoisotopic (exact) mass is 207 g/mol. The zero-order chi connectivity index (χ0) is 11.4. The fourth-order valence-electron chi connectivity index (χ4n) is 1.57. The lowest BCUT2D eigenvalue weighted by Gasteiger charge is -2.07. The minimum atomic E-state index is -0.314. The van der Waals surface area contributed by atoms with Crippen LogP contribution in [0.3, 0.4) is 0 Å². The van der Waals surface area contributed by atoms with Crippen LogP contribution in [0.5, 0.6) is 0 Å². The van der Waals surface area contributed by atoms with E-state index in [0.29, 0.717) is 5.92 Å². The van der Waals surface area contributed by atoms with Crippen molar-refractivity contribution in [2.24, 2.45) is 0 Å². The predicted octanol–water partition coefficient (Wildman–Crippen LogP) is 3.67. The number of aryl methyl sites for hydroxylation is 1. The summed E-state index contributed by atoms with van der Waals surface area (Å²) in [6.45, 7) is 6.18. The molecule has 82 valence electrons. The molecule has 0 bridgehead atoms. The van der Waals surface area contributed by atoms with Gasteiger partial charge in [-0.3, -0.25) is 10.1 Å². The highest BCUT2D eigenvalue weighted by Gasteiger charge is 2.11. The molecule has 1 aromatic carbocycles. The molecule has 1 rings (SSSR count). The largest absolute Gasteiger partial charge is 0.269 e. The van der Waals surface area contributed by atoms with Gasteiger partial charge < -0.3 is 0 Å². The van der Waals surface area contributed by atoms with E-state index in [1.54, 1.807) is 12.1 Å². The summed E-state index contributed by atoms with van der Waals surface area (Å²) in [5.74, 6) is 0.334. The van der Waals surface area contributed by atoms with Crippen LogP contribution in [0.4, 0.5) is 5.69 Å². The standard InChI is InChI=1S/C12H17NO2/c1-4-5-10-6-11(9(2)3)8-12(7-10)13(14)15/h6-9H,4-5H2,1-3H3. The highest BCUT2D eigenvalue weighted by Crippen LogP contribution is 2.23. The van der Waals surface area contributed by atoms with Crippen molar-refractivity contribution in [2.45, 2.75) is 39.5 Å². The number of benzene rings is 1. The van der Waals surface area contributed by atoms with E-state index >= 15 is 0 Å². The van der Waals surface area contributed by atoms with E-state index in [2.05, 4.69) is 26.8 Å². The van der Waals surface area contributed by atoms with Crippen molar-refractivity contribution < 1.29 is 4.92 Å². The first-order valence-electron chi connectivity index (χ1n) is 5.32. The predicted molar refractivity (Wildman–Crippen MR) is 61.2 cm³/mol. The molecule has 0 aliphatic carbocycles. The fourth-order valence-corrected chi connectivity index (χ4v) is 1.57. The average Bonchev–Trinajstić information content (AvgIpc) is 2.17. The lowest BCUT2D eigenvalue weighted by Crippen LogP contribution is -1.96. The Bertz CT molecular complexity index is 359. The van der Waals surface area contributed by atoms with Crippen molar-refractivity contribution in [2.75, 3.05) is 0 Å². The summed E-state index contributed by atoms with van der Waals surface area (Å²) >= 11 is 0. The first-order valence-corrected chi connectivity index (χ1v) is 5.32. The summed E-state index contributed by atoms with van der Waals surface area (Å²) in [5, 5.41) is 10.7. The quantitative estimate of drug-likeness (QED) is 0.558. The van der Waals surface area contributed by atoms with Gasteiger partial charge in [0.2, 0.25) is 0 Å². The van der Waals surface area contributed by atoms with Crippen LogP contribution >= 0.6 is 0 Å². The van der Waals surface area contributed by atoms with Crippen LogP contribution in [0.2, 0.25) is 0 Å². The number of nitrogens with zero attached hydrogens (tertiary/aromatic N) is 1. The van der Waals surface area contributed by atoms with Crippen LogP contribution in [-0.4, -0.2) is 4.92 Å². The molecule has 0 heterocycles. The number of non-ortho nitro benzene ring substituents is 1. The number of hydrogen-bond acceptors (Lipinski definition) is 2. The van der Waals surface area contributed by atoms with Crippen molar-refractivity contribution in [3.8, 4) is 0 Å². The summed E-state index contributed by atoms with van der Waals surface area (Å²) in [7, 11) is 0. The molecule has 0 aliphatic rings. The number of nitro benzene ring substituents is 1. The van der Waals surface area contributed by atoms with Gasteiger partial charge in [-0.05, 0) is 23.5 Å². The van der Waals surface area contributed by atoms with Gasteiger partial charge in [0, 0.05) is 12.1 Å². The van der Waals surface area contributed by atoms with Crippen molar-refractivity contribution in [1.29, 1.82) is 0 Å². The van der Waals surface area contributed by atoms with Gasteiger partial charge in [-0.15, -0.1) is 0 Å². The maximum atomic E-state index is 10.7. The van der Waals surface area contributed by atoms with Crippen molar-refractivity contribution >= 4 is 5.69 Å². The summed E-state index contributed by atoms with van der Waals surface area (Å²) < 4.78 is 0. The lowest BCUT2D eigenvalue weighted by molar-refractivity contribution is -0.385. The first-order chi connectivity index (χ1) is 7.04. The van der Waals surface area contributed by atoms with Gasteiger partial charge in [0.15, 0.2) is 0 Å². The molecule has 0 aromatic heterocycles. The van der Waals surface area contributed by atoms with Gasteiger partial charge in [-0.2, -0.15) is 0 Å². The average molecular weight is 207 g/mol. The molecule has 0 fully saturated rings. The Labute approximate surface area is 90.3 Å². The molecule has 1 aromatic rings. The smallest absolute Gasteiger partial charge is 0.258 e. The fraction of sp³-hybridized carbons (Fsp3) is 0.500. The van der Waals surface area contributed by atoms with Gasteiger partial charge in [-0.25, -0.2) is 0 Å². The Morgan fingerprint density at radius 2 is 2.00 bits per heavy atom. The maximum absolute atomic E-state index is 10.7. The van der Waals surface area contributed by atoms with Crippen LogP contribution in [0.15, 0.2) is 18.2 Å². The molecule has 0 spiro atoms. The second kappa shape index (κ2) is 4.91. The van der Waals surface area contributed by atoms with Crippen molar-refractivity contribution in [3.05, 3.63) is 39.4 Å². The van der Waals surface area contributed by atoms with E-state index in [-0.39, 0.29) is 10.6 Å². The summed E-state index contributed by atoms with van der Waals surface area (Å²) in [6.07, 6.45) is 1.92. The topological polar surface area (TPSA) is 43.1 Å². The van der Waals surface area contributed by atoms with Gasteiger partial charge in [0.25, 0.3) is 5.69 Å². The molecule has 3 nitrogen and oxygen atoms in total. The third-order valence-electron chi connectivity index (χ3n) is 2.42. The van der Waals surface area contributed by atoms with Crippen LogP contribution in [0, 0.1) is 10.1 Å². The third-order valence-corrected chi connectivity index (χ3v) is 2.42. The minimum absolute atomic E-state index is 0.213. The van der Waals surface area contributed by atoms with Gasteiger partial charge in [0.1, 0.15) is 0 Å². The van der Waals surface area contributed by atoms with Gasteiger partial charge in [-0.1, -0.05) is 33.3 Å². The first kappa shape index (κ1) is 11.7. The Morgan fingerprint density at radius 1 is 1.33 bits per heavy atom. The highest BCUT2D eigenvalue weighted by molar-refractivity contribution is 5.40. The molecule has 3 heteroatoms. The summed E-state index contributed by atoms with van der Waals surface area (Å²) in [4.78, 5) is 10.4. The second-order valence-electron chi connectivity index (χ2n) is 4.09. The molecular weight excluding hydrogens is 190 g/mol. The van der Waals surface area contributed by atoms with E-state index in [1.165, 1.54) is 0 Å². The molecule has 0 saturated carbocycles. The molecule has 0 radical (unpaired) electrons. The molecule has 0 N–H and O–H groups in total. The molecule has 0 aliphatic heterocycles. The summed E-state index contributed by atoms with van der Waals surface area (Å²) in [6, 6.07) is 5.42. The second-order valence-corrected chi connectivity index (χ2v) is 4.09. The molecular formula is C12H17NO2. The van der Waals surface area contributed by atoms with Crippen LogP contribution in [0.1, 0.15) is 44.2 Å². The zero-order valence-corrected chi connectivity index (χ0v) is 9.49. The SMILES string of the molecule is CCCc1cc(C(C)C)cc([N+](=O)[O-])c1. The van der Waals surface area contributed by atoms with Crippen molar-refractivity contribution in [1.82, 2.24) is 0 Å². The van der Waals surface area contributed by atoms with E-state index in [9.17, 15) is 10.1 Å². The molecule has 0 atom stereocenters. The van der Waals surface area contributed by atoms with Crippen LogP contribution < -0.4 is 0 Å². The normalized spacial score (nSPS) is 10.7. The Morgan fingerprint density at radius 3 is 2.47 bits per heavy atom. The van der Waals surface area contributed by atoms with Crippen LogP contribution in [0.25, 0.3) is 0 Å². The highest BCUT2D eigenvalue weighted by atomic mass is 16.6. The molecule has 0 saturated heterocycles. The lowest BCUT2D eigenvalue weighted by atomic mass is 9.98. The Balaban J connectivity index is 3.14. The van der Waals surface area contributed by atoms with E-state index in [4.69, 9.17) is 0 Å². The van der Waals surface area contributed by atoms with Crippen molar-refractivity contribution in [3.63, 3.8) is 0 Å². The minimum Gasteiger partial charge on any atom is -0.258 e. The molecule has 0 amide bonds. The maximum Gasteiger partial charge on any atom is 0.269 e. The zero-order valence-electron chi connectivity index (χ0n) is 9.49. The summed E-state index contributed by atoms with van der Waals surface area (Å²) in [5.41, 5.74) is 2.33. The number of nitro groups is 1. The van der Waals surface area contributed by atoms with Gasteiger partial charge in [0.05, 0.1) is 4.92 Å². The number of hydrogen-bond donors (Lipinski definition) is 0. The Hall–Kier alpha value is -1.38. The number of rotatable bonds is 4. The van der Waals surface area contributed by atoms with E-state index in [1.807, 2.05) is 0 Å². The molecule has 15 heavy (non-hydrogen) atoms. The molecule has 0 unspecified atom stereocenters. The van der Waals surface area contributed by atoms with Gasteiger partial charge >= 0.3 is 0 Å². The third kappa shape index (κ3) is 3.05. The van der Waals surface area contributed by atoms with E-state index < -0.39 is 0 Å².